The quantitative estimate of drug-likeness (QED) is 0.831. The van der Waals surface area contributed by atoms with Gasteiger partial charge in [-0.3, -0.25) is 0 Å². The monoisotopic (exact) mass is 246 g/mol. The highest BCUT2D eigenvalue weighted by atomic mass is 35.5. The minimum atomic E-state index is -2.85. The highest BCUT2D eigenvalue weighted by Crippen LogP contribution is 2.27. The third-order valence-corrected chi connectivity index (χ3v) is 2.17. The molecule has 0 aromatic carbocycles. The van der Waals surface area contributed by atoms with Gasteiger partial charge in [0.15, 0.2) is 5.69 Å². The zero-order valence-corrected chi connectivity index (χ0v) is 8.50. The molecule has 0 aliphatic heterocycles. The van der Waals surface area contributed by atoms with Gasteiger partial charge in [0, 0.05) is 17.6 Å². The van der Waals surface area contributed by atoms with Crippen LogP contribution in [0.2, 0.25) is 0 Å². The Morgan fingerprint density at radius 2 is 2.31 bits per heavy atom. The van der Waals surface area contributed by atoms with Crippen molar-refractivity contribution in [2.45, 2.75) is 12.3 Å². The fraction of sp³-hybridized carbons (Fsp3) is 0.222. The van der Waals surface area contributed by atoms with Crippen LogP contribution in [0.4, 0.5) is 8.78 Å². The van der Waals surface area contributed by atoms with E-state index in [-0.39, 0.29) is 11.4 Å². The van der Waals surface area contributed by atoms with Crippen molar-refractivity contribution in [2.75, 3.05) is 0 Å². The van der Waals surface area contributed by atoms with Crippen molar-refractivity contribution in [3.05, 3.63) is 28.6 Å². The third-order valence-electron chi connectivity index (χ3n) is 1.90. The first-order chi connectivity index (χ1) is 7.52. The van der Waals surface area contributed by atoms with Crippen LogP contribution in [-0.2, 0) is 5.88 Å². The number of halogens is 3. The summed E-state index contributed by atoms with van der Waals surface area (Å²) in [6.07, 6.45) is -2.12. The highest BCUT2D eigenvalue weighted by Gasteiger charge is 2.22. The lowest BCUT2D eigenvalue weighted by atomic mass is 10.0. The van der Waals surface area contributed by atoms with Gasteiger partial charge in [-0.1, -0.05) is 0 Å². The lowest BCUT2D eigenvalue weighted by molar-refractivity contribution is 0.0689. The van der Waals surface area contributed by atoms with Crippen molar-refractivity contribution < 1.29 is 18.7 Å². The molecule has 1 aromatic rings. The van der Waals surface area contributed by atoms with Gasteiger partial charge in [0.05, 0.1) is 5.56 Å². The van der Waals surface area contributed by atoms with E-state index in [2.05, 4.69) is 4.98 Å². The van der Waals surface area contributed by atoms with Crippen LogP contribution >= 0.6 is 11.6 Å². The van der Waals surface area contributed by atoms with Crippen LogP contribution in [0, 0.1) is 11.3 Å². The second-order valence-corrected chi connectivity index (χ2v) is 3.03. The molecule has 0 spiro atoms. The van der Waals surface area contributed by atoms with Gasteiger partial charge >= 0.3 is 5.97 Å². The molecule has 1 N–H and O–H groups in total. The maximum atomic E-state index is 12.5. The molecule has 7 heteroatoms. The van der Waals surface area contributed by atoms with E-state index in [9.17, 15) is 13.6 Å². The Hall–Kier alpha value is -1.74. The number of rotatable bonds is 3. The van der Waals surface area contributed by atoms with Crippen LogP contribution in [0.25, 0.3) is 0 Å². The molecule has 0 amide bonds. The third kappa shape index (κ3) is 2.09. The maximum absolute atomic E-state index is 12.5. The topological polar surface area (TPSA) is 74.0 Å². The number of nitriles is 1. The summed E-state index contributed by atoms with van der Waals surface area (Å²) in [4.78, 5) is 14.0. The number of carboxylic acid groups (broad SMARTS) is 1. The van der Waals surface area contributed by atoms with Gasteiger partial charge in [-0.25, -0.2) is 18.6 Å². The summed E-state index contributed by atoms with van der Waals surface area (Å²) in [5.74, 6) is -1.82. The number of pyridine rings is 1. The molecule has 0 radical (unpaired) electrons. The van der Waals surface area contributed by atoms with Crippen LogP contribution < -0.4 is 0 Å². The number of nitrogens with zero attached hydrogens (tertiary/aromatic N) is 2. The molecular formula is C9H5ClF2N2O2. The molecule has 0 atom stereocenters. The van der Waals surface area contributed by atoms with E-state index in [1.165, 1.54) is 6.07 Å². The standard InChI is InChI=1S/C9H5ClF2N2O2/c10-1-4-5(2-13)7(9(15)16)14-3-6(4)8(11)12/h3,8H,1H2,(H,15,16). The predicted molar refractivity (Wildman–Crippen MR) is 50.4 cm³/mol. The van der Waals surface area contributed by atoms with Crippen LogP contribution in [0.5, 0.6) is 0 Å². The number of carbonyl (C=O) groups is 1. The Bertz CT molecular complexity index is 471. The molecule has 1 heterocycles. The van der Waals surface area contributed by atoms with Crippen molar-refractivity contribution in [1.29, 1.82) is 5.26 Å². The summed E-state index contributed by atoms with van der Waals surface area (Å²) < 4.78 is 25.0. The molecule has 0 unspecified atom stereocenters. The van der Waals surface area contributed by atoms with Gasteiger partial charge in [-0.15, -0.1) is 11.6 Å². The maximum Gasteiger partial charge on any atom is 0.355 e. The fourth-order valence-corrected chi connectivity index (χ4v) is 1.47. The van der Waals surface area contributed by atoms with E-state index in [4.69, 9.17) is 22.0 Å². The van der Waals surface area contributed by atoms with Gasteiger partial charge in [0.25, 0.3) is 6.43 Å². The molecule has 4 nitrogen and oxygen atoms in total. The van der Waals surface area contributed by atoms with Gasteiger partial charge in [-0.2, -0.15) is 5.26 Å². The molecule has 1 aromatic heterocycles. The van der Waals surface area contributed by atoms with E-state index in [0.717, 1.165) is 6.20 Å². The molecule has 0 aliphatic rings. The summed E-state index contributed by atoms with van der Waals surface area (Å²) in [6, 6.07) is 1.53. The minimum Gasteiger partial charge on any atom is -0.476 e. The lowest BCUT2D eigenvalue weighted by Gasteiger charge is -2.09. The average molecular weight is 247 g/mol. The highest BCUT2D eigenvalue weighted by molar-refractivity contribution is 6.17. The normalized spacial score (nSPS) is 10.2. The number of carboxylic acids is 1. The minimum absolute atomic E-state index is 0.188. The van der Waals surface area contributed by atoms with Crippen molar-refractivity contribution >= 4 is 17.6 Å². The fourth-order valence-electron chi connectivity index (χ4n) is 1.18. The van der Waals surface area contributed by atoms with Gasteiger partial charge in [0.1, 0.15) is 6.07 Å². The number of hydrogen-bond acceptors (Lipinski definition) is 3. The zero-order valence-electron chi connectivity index (χ0n) is 7.75. The average Bonchev–Trinajstić information content (AvgIpc) is 2.26. The van der Waals surface area contributed by atoms with Crippen LogP contribution in [-0.4, -0.2) is 16.1 Å². The molecule has 0 fully saturated rings. The summed E-state index contributed by atoms with van der Waals surface area (Å²) in [5.41, 5.74) is -1.69. The van der Waals surface area contributed by atoms with Gasteiger partial charge < -0.3 is 5.11 Å². The molecule has 0 aliphatic carbocycles. The second-order valence-electron chi connectivity index (χ2n) is 2.77. The number of alkyl halides is 3. The lowest BCUT2D eigenvalue weighted by Crippen LogP contribution is -2.09. The first-order valence-corrected chi connectivity index (χ1v) is 4.55. The first kappa shape index (κ1) is 12.3. The number of aromatic carboxylic acids is 1. The van der Waals surface area contributed by atoms with E-state index in [1.807, 2.05) is 0 Å². The molecule has 84 valence electrons. The first-order valence-electron chi connectivity index (χ1n) is 4.02. The Kier molecular flexibility index (Phi) is 3.74. The molecule has 0 bridgehead atoms. The summed E-state index contributed by atoms with van der Waals surface area (Å²) in [5, 5.41) is 17.4. The summed E-state index contributed by atoms with van der Waals surface area (Å²) in [7, 11) is 0. The number of aromatic nitrogens is 1. The smallest absolute Gasteiger partial charge is 0.355 e. The van der Waals surface area contributed by atoms with E-state index in [0.29, 0.717) is 0 Å². The van der Waals surface area contributed by atoms with E-state index < -0.39 is 29.2 Å². The predicted octanol–water partition coefficient (Wildman–Crippen LogP) is 2.33. The molecule has 16 heavy (non-hydrogen) atoms. The second kappa shape index (κ2) is 4.86. The Morgan fingerprint density at radius 1 is 1.69 bits per heavy atom. The SMILES string of the molecule is N#Cc1c(C(=O)O)ncc(C(F)F)c1CCl. The molecule has 0 saturated carbocycles. The Morgan fingerprint density at radius 3 is 2.69 bits per heavy atom. The number of hydrogen-bond donors (Lipinski definition) is 1. The van der Waals surface area contributed by atoms with E-state index >= 15 is 0 Å². The van der Waals surface area contributed by atoms with Crippen LogP contribution in [0.1, 0.15) is 33.6 Å². The summed E-state index contributed by atoms with van der Waals surface area (Å²) in [6.45, 7) is 0. The summed E-state index contributed by atoms with van der Waals surface area (Å²) >= 11 is 5.43. The molecular weight excluding hydrogens is 242 g/mol. The van der Waals surface area contributed by atoms with Crippen molar-refractivity contribution in [2.24, 2.45) is 0 Å². The van der Waals surface area contributed by atoms with Crippen molar-refractivity contribution in [3.63, 3.8) is 0 Å². The van der Waals surface area contributed by atoms with Gasteiger partial charge in [0.2, 0.25) is 0 Å². The Labute approximate surface area is 94.1 Å². The zero-order chi connectivity index (χ0) is 12.3. The van der Waals surface area contributed by atoms with Crippen molar-refractivity contribution in [3.8, 4) is 6.07 Å². The van der Waals surface area contributed by atoms with E-state index in [1.54, 1.807) is 0 Å². The van der Waals surface area contributed by atoms with Crippen LogP contribution in [0.3, 0.4) is 0 Å². The molecule has 1 rings (SSSR count). The van der Waals surface area contributed by atoms with Crippen molar-refractivity contribution in [1.82, 2.24) is 4.98 Å². The molecule has 0 saturated heterocycles. The Balaban J connectivity index is 3.54. The largest absolute Gasteiger partial charge is 0.476 e. The van der Waals surface area contributed by atoms with Crippen LogP contribution in [0.15, 0.2) is 6.20 Å². The van der Waals surface area contributed by atoms with Gasteiger partial charge in [-0.05, 0) is 5.56 Å².